The second-order valence-electron chi connectivity index (χ2n) is 4.16. The third kappa shape index (κ3) is 4.02. The average molecular weight is 284 g/mol. The molecule has 1 aromatic heterocycles. The van der Waals surface area contributed by atoms with Crippen LogP contribution in [0, 0.1) is 6.92 Å². The van der Waals surface area contributed by atoms with Gasteiger partial charge in [0.05, 0.1) is 12.3 Å². The molecule has 6 heteroatoms. The van der Waals surface area contributed by atoms with Crippen LogP contribution in [0.3, 0.4) is 0 Å². The minimum absolute atomic E-state index is 0.0578. The van der Waals surface area contributed by atoms with Gasteiger partial charge in [-0.2, -0.15) is 0 Å². The number of aromatic nitrogens is 1. The summed E-state index contributed by atoms with van der Waals surface area (Å²) >= 11 is 1.21. The van der Waals surface area contributed by atoms with E-state index in [1.807, 2.05) is 0 Å². The summed E-state index contributed by atoms with van der Waals surface area (Å²) in [5.41, 5.74) is 0.612. The normalized spacial score (nSPS) is 10.3. The number of carbonyl (C=O) groups is 2. The van der Waals surface area contributed by atoms with E-state index >= 15 is 0 Å². The molecule has 0 aliphatic rings. The summed E-state index contributed by atoms with van der Waals surface area (Å²) in [4.78, 5) is 29.8. The number of unbranched alkanes of at least 4 members (excludes halogenated alkanes) is 1. The number of nitrogens with zero attached hydrogens (tertiary/aromatic N) is 2. The molecule has 0 spiro atoms. The smallest absolute Gasteiger partial charge is 0.350 e. The van der Waals surface area contributed by atoms with Gasteiger partial charge in [0, 0.05) is 13.5 Å². The topological polar surface area (TPSA) is 59.5 Å². The Morgan fingerprint density at radius 1 is 1.37 bits per heavy atom. The van der Waals surface area contributed by atoms with Crippen LogP contribution in [0.2, 0.25) is 0 Å². The largest absolute Gasteiger partial charge is 0.462 e. The molecule has 0 aliphatic heterocycles. The van der Waals surface area contributed by atoms with E-state index in [9.17, 15) is 9.59 Å². The predicted molar refractivity (Wildman–Crippen MR) is 75.7 cm³/mol. The number of aryl methyl sites for hydroxylation is 1. The number of thiazole rings is 1. The van der Waals surface area contributed by atoms with E-state index in [1.54, 1.807) is 18.7 Å². The van der Waals surface area contributed by atoms with Crippen LogP contribution in [0.1, 0.15) is 49.0 Å². The monoisotopic (exact) mass is 284 g/mol. The third-order valence-corrected chi connectivity index (χ3v) is 3.75. The second kappa shape index (κ2) is 7.23. The van der Waals surface area contributed by atoms with Crippen LogP contribution < -0.4 is 4.90 Å². The fraction of sp³-hybridized carbons (Fsp3) is 0.615. The van der Waals surface area contributed by atoms with Gasteiger partial charge in [0.15, 0.2) is 5.13 Å². The highest BCUT2D eigenvalue weighted by molar-refractivity contribution is 7.17. The van der Waals surface area contributed by atoms with Crippen LogP contribution in [0.25, 0.3) is 0 Å². The molecular formula is C13H20N2O3S. The molecule has 0 radical (unpaired) electrons. The van der Waals surface area contributed by atoms with Crippen LogP contribution in [0.5, 0.6) is 0 Å². The average Bonchev–Trinajstić information content (AvgIpc) is 2.71. The molecule has 0 N–H and O–H groups in total. The summed E-state index contributed by atoms with van der Waals surface area (Å²) in [5.74, 6) is -0.430. The molecule has 1 heterocycles. The maximum absolute atomic E-state index is 11.7. The standard InChI is InChI=1S/C13H20N2O3S/c1-5-7-8-15(10(4)16)13-14-9(3)11(19-13)12(17)18-6-2/h5-8H2,1-4H3. The van der Waals surface area contributed by atoms with E-state index < -0.39 is 0 Å². The lowest BCUT2D eigenvalue weighted by Gasteiger charge is -2.17. The maximum Gasteiger partial charge on any atom is 0.350 e. The van der Waals surface area contributed by atoms with E-state index in [2.05, 4.69) is 11.9 Å². The van der Waals surface area contributed by atoms with Crippen LogP contribution >= 0.6 is 11.3 Å². The zero-order chi connectivity index (χ0) is 14.4. The molecule has 19 heavy (non-hydrogen) atoms. The summed E-state index contributed by atoms with van der Waals surface area (Å²) in [5, 5.41) is 0.571. The van der Waals surface area contributed by atoms with Gasteiger partial charge in [0.2, 0.25) is 5.91 Å². The molecule has 0 saturated carbocycles. The van der Waals surface area contributed by atoms with Crippen molar-refractivity contribution in [3.8, 4) is 0 Å². The molecule has 5 nitrogen and oxygen atoms in total. The SMILES string of the molecule is CCCCN(C(C)=O)c1nc(C)c(C(=O)OCC)s1. The van der Waals surface area contributed by atoms with Gasteiger partial charge in [-0.1, -0.05) is 24.7 Å². The van der Waals surface area contributed by atoms with Gasteiger partial charge >= 0.3 is 5.97 Å². The molecular weight excluding hydrogens is 264 g/mol. The minimum Gasteiger partial charge on any atom is -0.462 e. The molecule has 1 amide bonds. The van der Waals surface area contributed by atoms with Crippen molar-refractivity contribution in [1.29, 1.82) is 0 Å². The van der Waals surface area contributed by atoms with E-state index in [0.717, 1.165) is 12.8 Å². The Morgan fingerprint density at radius 2 is 2.05 bits per heavy atom. The lowest BCUT2D eigenvalue weighted by Crippen LogP contribution is -2.29. The van der Waals surface area contributed by atoms with Crippen LogP contribution in [0.15, 0.2) is 0 Å². The van der Waals surface area contributed by atoms with E-state index in [0.29, 0.717) is 28.9 Å². The maximum atomic E-state index is 11.7. The van der Waals surface area contributed by atoms with Crippen molar-refractivity contribution in [2.75, 3.05) is 18.1 Å². The molecule has 0 saturated heterocycles. The molecule has 0 bridgehead atoms. The molecule has 1 aromatic rings. The number of anilines is 1. The van der Waals surface area contributed by atoms with Crippen molar-refractivity contribution < 1.29 is 14.3 Å². The lowest BCUT2D eigenvalue weighted by molar-refractivity contribution is -0.116. The van der Waals surface area contributed by atoms with Crippen LogP contribution in [-0.2, 0) is 9.53 Å². The Morgan fingerprint density at radius 3 is 2.58 bits per heavy atom. The molecule has 0 fully saturated rings. The highest BCUT2D eigenvalue weighted by Crippen LogP contribution is 2.27. The van der Waals surface area contributed by atoms with E-state index in [4.69, 9.17) is 4.74 Å². The Bertz CT molecular complexity index is 457. The van der Waals surface area contributed by atoms with Gasteiger partial charge in [-0.25, -0.2) is 9.78 Å². The molecule has 106 valence electrons. The molecule has 1 rings (SSSR count). The van der Waals surface area contributed by atoms with Gasteiger partial charge in [0.25, 0.3) is 0 Å². The first-order chi connectivity index (χ1) is 9.01. The fourth-order valence-corrected chi connectivity index (χ4v) is 2.62. The van der Waals surface area contributed by atoms with Crippen molar-refractivity contribution >= 4 is 28.3 Å². The zero-order valence-electron chi connectivity index (χ0n) is 11.9. The van der Waals surface area contributed by atoms with Gasteiger partial charge in [-0.15, -0.1) is 0 Å². The summed E-state index contributed by atoms with van der Waals surface area (Å²) in [7, 11) is 0. The minimum atomic E-state index is -0.372. The Labute approximate surface area is 117 Å². The number of hydrogen-bond acceptors (Lipinski definition) is 5. The number of carbonyl (C=O) groups excluding carboxylic acids is 2. The van der Waals surface area contributed by atoms with Gasteiger partial charge < -0.3 is 4.74 Å². The number of ether oxygens (including phenoxy) is 1. The Hall–Kier alpha value is -1.43. The quantitative estimate of drug-likeness (QED) is 0.754. The van der Waals surface area contributed by atoms with Crippen molar-refractivity contribution in [3.05, 3.63) is 10.6 Å². The van der Waals surface area contributed by atoms with Gasteiger partial charge in [-0.05, 0) is 20.3 Å². The van der Waals surface area contributed by atoms with Crippen molar-refractivity contribution in [1.82, 2.24) is 4.98 Å². The highest BCUT2D eigenvalue weighted by atomic mass is 32.1. The molecule has 0 aliphatic carbocycles. The number of esters is 1. The number of rotatable bonds is 6. The van der Waals surface area contributed by atoms with Crippen LogP contribution in [0.4, 0.5) is 5.13 Å². The third-order valence-electron chi connectivity index (χ3n) is 2.59. The first kappa shape index (κ1) is 15.6. The summed E-state index contributed by atoms with van der Waals surface area (Å²) in [6.45, 7) is 8.05. The summed E-state index contributed by atoms with van der Waals surface area (Å²) < 4.78 is 4.97. The van der Waals surface area contributed by atoms with E-state index in [-0.39, 0.29) is 11.9 Å². The zero-order valence-corrected chi connectivity index (χ0v) is 12.7. The number of hydrogen-bond donors (Lipinski definition) is 0. The molecule has 0 aromatic carbocycles. The van der Waals surface area contributed by atoms with Crippen LogP contribution in [-0.4, -0.2) is 30.0 Å². The fourth-order valence-electron chi connectivity index (χ4n) is 1.59. The lowest BCUT2D eigenvalue weighted by atomic mass is 10.3. The highest BCUT2D eigenvalue weighted by Gasteiger charge is 2.21. The van der Waals surface area contributed by atoms with E-state index in [1.165, 1.54) is 18.3 Å². The summed E-state index contributed by atoms with van der Waals surface area (Å²) in [6.07, 6.45) is 1.91. The Kier molecular flexibility index (Phi) is 5.95. The first-order valence-corrected chi connectivity index (χ1v) is 7.25. The summed E-state index contributed by atoms with van der Waals surface area (Å²) in [6, 6.07) is 0. The van der Waals surface area contributed by atoms with Crippen molar-refractivity contribution in [3.63, 3.8) is 0 Å². The predicted octanol–water partition coefficient (Wildman–Crippen LogP) is 2.78. The first-order valence-electron chi connectivity index (χ1n) is 6.43. The number of amides is 1. The Balaban J connectivity index is 2.96. The molecule has 0 unspecified atom stereocenters. The van der Waals surface area contributed by atoms with Crippen molar-refractivity contribution in [2.45, 2.75) is 40.5 Å². The van der Waals surface area contributed by atoms with Gasteiger partial charge in [0.1, 0.15) is 4.88 Å². The molecule has 0 atom stereocenters. The van der Waals surface area contributed by atoms with Crippen molar-refractivity contribution in [2.24, 2.45) is 0 Å². The van der Waals surface area contributed by atoms with Gasteiger partial charge in [-0.3, -0.25) is 9.69 Å². The second-order valence-corrected chi connectivity index (χ2v) is 5.13.